The van der Waals surface area contributed by atoms with E-state index in [-0.39, 0.29) is 23.5 Å². The van der Waals surface area contributed by atoms with Gasteiger partial charge in [0.05, 0.1) is 17.0 Å². The molecule has 0 saturated heterocycles. The number of anilines is 1. The van der Waals surface area contributed by atoms with Crippen LogP contribution in [0.1, 0.15) is 33.8 Å². The van der Waals surface area contributed by atoms with E-state index < -0.39 is 23.6 Å². The number of aromatic nitrogens is 2. The quantitative estimate of drug-likeness (QED) is 0.622. The second kappa shape index (κ2) is 8.34. The highest BCUT2D eigenvalue weighted by molar-refractivity contribution is 6.06. The molecule has 2 amide bonds. The maximum absolute atomic E-state index is 13.4. The second-order valence-electron chi connectivity index (χ2n) is 7.85. The number of amides is 2. The predicted molar refractivity (Wildman–Crippen MR) is 119 cm³/mol. The van der Waals surface area contributed by atoms with E-state index in [9.17, 15) is 23.9 Å². The lowest BCUT2D eigenvalue weighted by molar-refractivity contribution is -0.133. The van der Waals surface area contributed by atoms with E-state index in [1.54, 1.807) is 43.0 Å². The number of hydrogen-bond donors (Lipinski definition) is 2. The number of rotatable bonds is 5. The minimum Gasteiger partial charge on any atom is -0.478 e. The van der Waals surface area contributed by atoms with Crippen LogP contribution in [-0.4, -0.2) is 32.7 Å². The van der Waals surface area contributed by atoms with Crippen molar-refractivity contribution in [2.24, 2.45) is 12.8 Å². The number of aliphatic carboxylic acids is 1. The molecule has 0 aliphatic carbocycles. The number of aryl methyl sites for hydroxylation is 2. The monoisotopic (exact) mass is 448 g/mol. The molecule has 0 spiro atoms. The number of carboxylic acid groups (broad SMARTS) is 1. The summed E-state index contributed by atoms with van der Waals surface area (Å²) in [5, 5.41) is 14.0. The average Bonchev–Trinajstić information content (AvgIpc) is 3.19. The van der Waals surface area contributed by atoms with Gasteiger partial charge in [-0.1, -0.05) is 12.1 Å². The molecule has 8 nitrogen and oxygen atoms in total. The van der Waals surface area contributed by atoms with Gasteiger partial charge in [0.15, 0.2) is 0 Å². The summed E-state index contributed by atoms with van der Waals surface area (Å²) in [7, 11) is 1.71. The van der Waals surface area contributed by atoms with Crippen LogP contribution in [0.3, 0.4) is 0 Å². The molecule has 168 valence electrons. The van der Waals surface area contributed by atoms with Crippen molar-refractivity contribution in [3.8, 4) is 11.3 Å². The van der Waals surface area contributed by atoms with Crippen molar-refractivity contribution in [1.29, 1.82) is 0 Å². The van der Waals surface area contributed by atoms with Crippen molar-refractivity contribution in [3.63, 3.8) is 0 Å². The van der Waals surface area contributed by atoms with Crippen molar-refractivity contribution in [1.82, 2.24) is 9.78 Å². The van der Waals surface area contributed by atoms with Gasteiger partial charge in [-0.05, 0) is 48.4 Å². The van der Waals surface area contributed by atoms with Gasteiger partial charge in [-0.2, -0.15) is 5.10 Å². The maximum Gasteiger partial charge on any atom is 0.333 e. The highest BCUT2D eigenvalue weighted by atomic mass is 19.1. The molecule has 0 bridgehead atoms. The maximum atomic E-state index is 13.4. The molecule has 2 aromatic carbocycles. The molecule has 3 aromatic rings. The Morgan fingerprint density at radius 1 is 1.18 bits per heavy atom. The summed E-state index contributed by atoms with van der Waals surface area (Å²) in [4.78, 5) is 38.6. The summed E-state index contributed by atoms with van der Waals surface area (Å²) in [6.45, 7) is 1.69. The number of primary amides is 1. The molecule has 0 saturated carbocycles. The lowest BCUT2D eigenvalue weighted by Crippen LogP contribution is -2.35. The molecule has 1 aromatic heterocycles. The van der Waals surface area contributed by atoms with Gasteiger partial charge >= 0.3 is 5.97 Å². The first kappa shape index (κ1) is 21.9. The Morgan fingerprint density at radius 2 is 1.88 bits per heavy atom. The van der Waals surface area contributed by atoms with Crippen LogP contribution < -0.4 is 10.6 Å². The molecule has 1 aliphatic rings. The summed E-state index contributed by atoms with van der Waals surface area (Å²) >= 11 is 0. The van der Waals surface area contributed by atoms with Gasteiger partial charge in [-0.25, -0.2) is 9.18 Å². The number of nitrogens with two attached hydrogens (primary N) is 1. The summed E-state index contributed by atoms with van der Waals surface area (Å²) < 4.78 is 14.9. The average molecular weight is 448 g/mol. The smallest absolute Gasteiger partial charge is 0.333 e. The van der Waals surface area contributed by atoms with Crippen LogP contribution in [0.25, 0.3) is 11.3 Å². The zero-order valence-electron chi connectivity index (χ0n) is 17.9. The number of carboxylic acids is 1. The molecule has 3 N–H and O–H groups in total. The first-order valence-electron chi connectivity index (χ1n) is 10.1. The summed E-state index contributed by atoms with van der Waals surface area (Å²) in [6.07, 6.45) is 2.75. The third-order valence-electron chi connectivity index (χ3n) is 5.77. The third-order valence-corrected chi connectivity index (χ3v) is 5.77. The molecule has 0 unspecified atom stereocenters. The largest absolute Gasteiger partial charge is 0.478 e. The zero-order chi connectivity index (χ0) is 23.9. The van der Waals surface area contributed by atoms with E-state index in [1.165, 1.54) is 35.4 Å². The van der Waals surface area contributed by atoms with Gasteiger partial charge in [-0.3, -0.25) is 19.2 Å². The van der Waals surface area contributed by atoms with E-state index in [1.807, 2.05) is 0 Å². The number of halogens is 1. The normalized spacial score (nSPS) is 16.0. The van der Waals surface area contributed by atoms with Crippen molar-refractivity contribution in [2.45, 2.75) is 19.3 Å². The van der Waals surface area contributed by atoms with Crippen LogP contribution in [0.2, 0.25) is 0 Å². The van der Waals surface area contributed by atoms with Crippen molar-refractivity contribution < 1.29 is 23.9 Å². The van der Waals surface area contributed by atoms with Gasteiger partial charge in [0.25, 0.3) is 0 Å². The minimum atomic E-state index is -1.19. The van der Waals surface area contributed by atoms with E-state index >= 15 is 0 Å². The van der Waals surface area contributed by atoms with Crippen LogP contribution in [0.15, 0.2) is 60.4 Å². The molecule has 0 radical (unpaired) electrons. The molecule has 0 fully saturated rings. The van der Waals surface area contributed by atoms with Crippen LogP contribution in [0.4, 0.5) is 10.1 Å². The van der Waals surface area contributed by atoms with Crippen molar-refractivity contribution in [3.05, 3.63) is 82.9 Å². The SMILES string of the molecule is Cc1cc(N2C=C(C(=O)O)[C@H](c3ccc(F)cc3)CC2=O)c(-c2ccnn2C)cc1C(N)=O. The Kier molecular flexibility index (Phi) is 5.55. The Morgan fingerprint density at radius 3 is 2.45 bits per heavy atom. The van der Waals surface area contributed by atoms with Gasteiger partial charge in [-0.15, -0.1) is 0 Å². The molecule has 4 rings (SSSR count). The molecule has 9 heteroatoms. The Hall–Kier alpha value is -4.27. The molecular formula is C24H21FN4O4. The lowest BCUT2D eigenvalue weighted by Gasteiger charge is -2.31. The van der Waals surface area contributed by atoms with E-state index in [0.717, 1.165) is 0 Å². The topological polar surface area (TPSA) is 119 Å². The van der Waals surface area contributed by atoms with Gasteiger partial charge < -0.3 is 10.8 Å². The molecule has 1 atom stereocenters. The van der Waals surface area contributed by atoms with E-state index in [2.05, 4.69) is 5.10 Å². The zero-order valence-corrected chi connectivity index (χ0v) is 17.9. The number of nitrogens with zero attached hydrogens (tertiary/aromatic N) is 3. The van der Waals surface area contributed by atoms with E-state index in [0.29, 0.717) is 28.1 Å². The van der Waals surface area contributed by atoms with E-state index in [4.69, 9.17) is 5.73 Å². The molecule has 33 heavy (non-hydrogen) atoms. The van der Waals surface area contributed by atoms with Gasteiger partial charge in [0, 0.05) is 42.9 Å². The first-order valence-corrected chi connectivity index (χ1v) is 10.1. The van der Waals surface area contributed by atoms with Crippen LogP contribution >= 0.6 is 0 Å². The van der Waals surface area contributed by atoms with Crippen LogP contribution in [0.5, 0.6) is 0 Å². The highest BCUT2D eigenvalue weighted by Gasteiger charge is 2.34. The molecule has 1 aliphatic heterocycles. The Bertz CT molecular complexity index is 1310. The fourth-order valence-electron chi connectivity index (χ4n) is 4.09. The number of carbonyl (C=O) groups excluding carboxylic acids is 2. The number of carbonyl (C=O) groups is 3. The summed E-state index contributed by atoms with van der Waals surface area (Å²) in [6, 6.07) is 10.4. The molecular weight excluding hydrogens is 427 g/mol. The molecule has 2 heterocycles. The van der Waals surface area contributed by atoms with Gasteiger partial charge in [0.2, 0.25) is 11.8 Å². The minimum absolute atomic E-state index is 0.00575. The predicted octanol–water partition coefficient (Wildman–Crippen LogP) is 3.12. The Balaban J connectivity index is 1.89. The van der Waals surface area contributed by atoms with Crippen molar-refractivity contribution in [2.75, 3.05) is 4.90 Å². The second-order valence-corrected chi connectivity index (χ2v) is 7.85. The number of benzene rings is 2. The van der Waals surface area contributed by atoms with Crippen LogP contribution in [-0.2, 0) is 16.6 Å². The Labute approximate surface area is 188 Å². The lowest BCUT2D eigenvalue weighted by atomic mass is 9.85. The van der Waals surface area contributed by atoms with Crippen molar-refractivity contribution >= 4 is 23.5 Å². The standard InChI is InChI=1S/C24H21FN4O4/c1-13-9-21(18(10-16(13)23(26)31)20-7-8-27-28(20)2)29-12-19(24(32)33)17(11-22(29)30)14-3-5-15(25)6-4-14/h3-10,12,17H,11H2,1-2H3,(H2,26,31)(H,32,33)/t17-/m0/s1. The fraction of sp³-hybridized carbons (Fsp3) is 0.167. The van der Waals surface area contributed by atoms with Gasteiger partial charge in [0.1, 0.15) is 5.82 Å². The number of hydrogen-bond acceptors (Lipinski definition) is 4. The summed E-state index contributed by atoms with van der Waals surface area (Å²) in [5.74, 6) is -3.32. The highest BCUT2D eigenvalue weighted by Crippen LogP contribution is 2.39. The van der Waals surface area contributed by atoms with Crippen LogP contribution in [0, 0.1) is 12.7 Å². The fourth-order valence-corrected chi connectivity index (χ4v) is 4.09. The third kappa shape index (κ3) is 4.00. The summed E-state index contributed by atoms with van der Waals surface area (Å²) in [5.41, 5.74) is 8.41. The first-order chi connectivity index (χ1) is 15.7.